The lowest BCUT2D eigenvalue weighted by molar-refractivity contribution is 0.0269. The summed E-state index contributed by atoms with van der Waals surface area (Å²) < 4.78 is 5.44. The van der Waals surface area contributed by atoms with E-state index in [1.807, 2.05) is 25.7 Å². The highest BCUT2D eigenvalue weighted by Crippen LogP contribution is 2.45. The second kappa shape index (κ2) is 6.52. The summed E-state index contributed by atoms with van der Waals surface area (Å²) in [6.45, 7) is 8.49. The Kier molecular flexibility index (Phi) is 4.62. The van der Waals surface area contributed by atoms with Crippen molar-refractivity contribution in [2.24, 2.45) is 11.8 Å². The fourth-order valence-corrected chi connectivity index (χ4v) is 3.51. The minimum absolute atomic E-state index is 0.160. The average Bonchev–Trinajstić information content (AvgIpc) is 2.93. The molecule has 1 heterocycles. The van der Waals surface area contributed by atoms with Crippen LogP contribution in [0.1, 0.15) is 32.8 Å². The van der Waals surface area contributed by atoms with Crippen LogP contribution in [0.25, 0.3) is 0 Å². The van der Waals surface area contributed by atoms with Crippen LogP contribution < -0.4 is 5.32 Å². The molecule has 2 atom stereocenters. The summed E-state index contributed by atoms with van der Waals surface area (Å²) in [6, 6.07) is 11.2. The standard InChI is InChI=1S/C19H28N2O2/c1-19(2,3)23-18(22)21-12-15-16(13-21)17(15)20-11-7-10-14-8-5-4-6-9-14/h4-6,8-9,15-17,20H,7,10-13H2,1-3H3. The van der Waals surface area contributed by atoms with Gasteiger partial charge in [-0.15, -0.1) is 0 Å². The van der Waals surface area contributed by atoms with Gasteiger partial charge in [0.25, 0.3) is 0 Å². The number of ether oxygens (including phenoxy) is 1. The lowest BCUT2D eigenvalue weighted by Crippen LogP contribution is -2.39. The molecule has 4 heteroatoms. The lowest BCUT2D eigenvalue weighted by Gasteiger charge is -2.26. The van der Waals surface area contributed by atoms with E-state index in [9.17, 15) is 4.79 Å². The maximum Gasteiger partial charge on any atom is 0.410 e. The molecule has 1 aliphatic heterocycles. The summed E-state index contributed by atoms with van der Waals surface area (Å²) in [5.74, 6) is 1.25. The number of hydrogen-bond acceptors (Lipinski definition) is 3. The Morgan fingerprint density at radius 2 is 1.87 bits per heavy atom. The zero-order valence-corrected chi connectivity index (χ0v) is 14.4. The van der Waals surface area contributed by atoms with Crippen LogP contribution in [0.2, 0.25) is 0 Å². The highest BCUT2D eigenvalue weighted by Gasteiger charge is 2.56. The lowest BCUT2D eigenvalue weighted by atomic mass is 10.1. The first-order valence-electron chi connectivity index (χ1n) is 8.69. The number of rotatable bonds is 5. The third-order valence-electron chi connectivity index (χ3n) is 4.71. The Hall–Kier alpha value is -1.55. The van der Waals surface area contributed by atoms with E-state index in [2.05, 4.69) is 35.6 Å². The molecule has 1 aromatic carbocycles. The molecule has 126 valence electrons. The van der Waals surface area contributed by atoms with Gasteiger partial charge in [0.05, 0.1) is 0 Å². The highest BCUT2D eigenvalue weighted by molar-refractivity contribution is 5.69. The summed E-state index contributed by atoms with van der Waals surface area (Å²) in [4.78, 5) is 13.9. The Balaban J connectivity index is 1.32. The summed E-state index contributed by atoms with van der Waals surface area (Å²) in [6.07, 6.45) is 2.13. The molecule has 0 spiro atoms. The normalized spacial score (nSPS) is 26.0. The number of likely N-dealkylation sites (tertiary alicyclic amines) is 1. The first-order chi connectivity index (χ1) is 10.9. The number of carbonyl (C=O) groups is 1. The van der Waals surface area contributed by atoms with Crippen LogP contribution in [0.5, 0.6) is 0 Å². The molecule has 0 radical (unpaired) electrons. The van der Waals surface area contributed by atoms with E-state index in [4.69, 9.17) is 4.74 Å². The molecule has 1 amide bonds. The van der Waals surface area contributed by atoms with Crippen LogP contribution in [0.4, 0.5) is 4.79 Å². The minimum Gasteiger partial charge on any atom is -0.444 e. The van der Waals surface area contributed by atoms with Crippen LogP contribution >= 0.6 is 0 Å². The molecule has 2 unspecified atom stereocenters. The topological polar surface area (TPSA) is 41.6 Å². The smallest absolute Gasteiger partial charge is 0.410 e. The number of nitrogens with one attached hydrogen (secondary N) is 1. The van der Waals surface area contributed by atoms with E-state index in [0.717, 1.165) is 32.5 Å². The maximum atomic E-state index is 12.0. The Morgan fingerprint density at radius 3 is 2.48 bits per heavy atom. The van der Waals surface area contributed by atoms with Crippen LogP contribution in [0, 0.1) is 11.8 Å². The molecular formula is C19H28N2O2. The second-order valence-electron chi connectivity index (χ2n) is 7.78. The maximum absolute atomic E-state index is 12.0. The van der Waals surface area contributed by atoms with Gasteiger partial charge >= 0.3 is 6.09 Å². The van der Waals surface area contributed by atoms with Gasteiger partial charge in [0.15, 0.2) is 0 Å². The van der Waals surface area contributed by atoms with Crippen molar-refractivity contribution in [3.8, 4) is 0 Å². The van der Waals surface area contributed by atoms with E-state index in [1.165, 1.54) is 5.56 Å². The van der Waals surface area contributed by atoms with E-state index in [1.54, 1.807) is 0 Å². The predicted molar refractivity (Wildman–Crippen MR) is 91.3 cm³/mol. The van der Waals surface area contributed by atoms with Gasteiger partial charge in [-0.3, -0.25) is 0 Å². The zero-order chi connectivity index (χ0) is 16.4. The number of amides is 1. The van der Waals surface area contributed by atoms with Crippen molar-refractivity contribution in [1.82, 2.24) is 10.2 Å². The molecule has 1 saturated heterocycles. The molecule has 2 fully saturated rings. The quantitative estimate of drug-likeness (QED) is 0.849. The molecule has 1 aromatic rings. The van der Waals surface area contributed by atoms with E-state index < -0.39 is 5.60 Å². The average molecular weight is 316 g/mol. The number of carbonyl (C=O) groups excluding carboxylic acids is 1. The molecule has 1 saturated carbocycles. The molecule has 1 N–H and O–H groups in total. The van der Waals surface area contributed by atoms with Gasteiger partial charge in [0.2, 0.25) is 0 Å². The van der Waals surface area contributed by atoms with Crippen molar-refractivity contribution < 1.29 is 9.53 Å². The molecule has 3 rings (SSSR count). The van der Waals surface area contributed by atoms with Crippen molar-refractivity contribution in [2.45, 2.75) is 45.3 Å². The Labute approximate surface area is 139 Å². The van der Waals surface area contributed by atoms with Crippen molar-refractivity contribution in [1.29, 1.82) is 0 Å². The zero-order valence-electron chi connectivity index (χ0n) is 14.4. The SMILES string of the molecule is CC(C)(C)OC(=O)N1CC2C(C1)C2NCCCc1ccccc1. The largest absolute Gasteiger partial charge is 0.444 e. The van der Waals surface area contributed by atoms with Gasteiger partial charge in [-0.05, 0) is 57.6 Å². The van der Waals surface area contributed by atoms with Gasteiger partial charge in [0.1, 0.15) is 5.60 Å². The third kappa shape index (κ3) is 4.25. The minimum atomic E-state index is -0.404. The van der Waals surface area contributed by atoms with E-state index in [-0.39, 0.29) is 6.09 Å². The molecule has 2 aliphatic rings. The Bertz CT molecular complexity index is 526. The summed E-state index contributed by atoms with van der Waals surface area (Å²) in [7, 11) is 0. The van der Waals surface area contributed by atoms with Gasteiger partial charge in [-0.1, -0.05) is 30.3 Å². The number of benzene rings is 1. The number of nitrogens with zero attached hydrogens (tertiary/aromatic N) is 1. The molecule has 0 bridgehead atoms. The van der Waals surface area contributed by atoms with Crippen LogP contribution in [-0.4, -0.2) is 42.3 Å². The number of piperidine rings is 1. The van der Waals surface area contributed by atoms with E-state index >= 15 is 0 Å². The second-order valence-corrected chi connectivity index (χ2v) is 7.78. The summed E-state index contributed by atoms with van der Waals surface area (Å²) >= 11 is 0. The predicted octanol–water partition coefficient (Wildman–Crippen LogP) is 3.07. The van der Waals surface area contributed by atoms with Gasteiger partial charge in [-0.2, -0.15) is 0 Å². The third-order valence-corrected chi connectivity index (χ3v) is 4.71. The van der Waals surface area contributed by atoms with Gasteiger partial charge in [-0.25, -0.2) is 4.79 Å². The van der Waals surface area contributed by atoms with Crippen molar-refractivity contribution in [2.75, 3.05) is 19.6 Å². The first-order valence-corrected chi connectivity index (χ1v) is 8.69. The van der Waals surface area contributed by atoms with E-state index in [0.29, 0.717) is 17.9 Å². The molecule has 0 aromatic heterocycles. The summed E-state index contributed by atoms with van der Waals surface area (Å²) in [5, 5.41) is 3.66. The molecule has 4 nitrogen and oxygen atoms in total. The fourth-order valence-electron chi connectivity index (χ4n) is 3.51. The molecule has 23 heavy (non-hydrogen) atoms. The van der Waals surface area contributed by atoms with Crippen molar-refractivity contribution in [3.63, 3.8) is 0 Å². The molecule has 1 aliphatic carbocycles. The van der Waals surface area contributed by atoms with Crippen molar-refractivity contribution >= 4 is 6.09 Å². The highest BCUT2D eigenvalue weighted by atomic mass is 16.6. The van der Waals surface area contributed by atoms with Crippen LogP contribution in [0.15, 0.2) is 30.3 Å². The van der Waals surface area contributed by atoms with Crippen molar-refractivity contribution in [3.05, 3.63) is 35.9 Å². The van der Waals surface area contributed by atoms with Gasteiger partial charge in [0, 0.05) is 19.1 Å². The monoisotopic (exact) mass is 316 g/mol. The first kappa shape index (κ1) is 16.3. The number of aryl methyl sites for hydroxylation is 1. The van der Waals surface area contributed by atoms with Crippen LogP contribution in [0.3, 0.4) is 0 Å². The van der Waals surface area contributed by atoms with Gasteiger partial charge < -0.3 is 15.0 Å². The molecular weight excluding hydrogens is 288 g/mol. The number of fused-ring (bicyclic) bond motifs is 1. The Morgan fingerprint density at radius 1 is 1.22 bits per heavy atom. The summed E-state index contributed by atoms with van der Waals surface area (Å²) in [5.41, 5.74) is 1.00. The number of hydrogen-bond donors (Lipinski definition) is 1. The van der Waals surface area contributed by atoms with Crippen LogP contribution in [-0.2, 0) is 11.2 Å². The fraction of sp³-hybridized carbons (Fsp3) is 0.632.